The van der Waals surface area contributed by atoms with Gasteiger partial charge in [-0.2, -0.15) is 0 Å². The Kier molecular flexibility index (Phi) is 5.43. The summed E-state index contributed by atoms with van der Waals surface area (Å²) in [6.45, 7) is 6.75. The van der Waals surface area contributed by atoms with E-state index in [0.717, 1.165) is 24.9 Å². The molecule has 4 nitrogen and oxygen atoms in total. The molecule has 108 valence electrons. The number of furan rings is 1. The van der Waals surface area contributed by atoms with Gasteiger partial charge >= 0.3 is 0 Å². The number of nitrogens with zero attached hydrogens (tertiary/aromatic N) is 2. The van der Waals surface area contributed by atoms with Crippen molar-refractivity contribution in [2.75, 3.05) is 40.3 Å². The standard InChI is InChI=1S/C15H27N3O/c1-13(15-5-4-12-19-15)16-8-11-18-9-6-14(7-10-18)17(2)3/h4-5,12-14,16H,6-11H2,1-3H3. The van der Waals surface area contributed by atoms with E-state index >= 15 is 0 Å². The zero-order valence-corrected chi connectivity index (χ0v) is 12.4. The minimum Gasteiger partial charge on any atom is -0.468 e. The lowest BCUT2D eigenvalue weighted by atomic mass is 10.0. The zero-order chi connectivity index (χ0) is 13.7. The van der Waals surface area contributed by atoms with Crippen molar-refractivity contribution in [2.45, 2.75) is 31.8 Å². The fourth-order valence-electron chi connectivity index (χ4n) is 2.74. The third-order valence-corrected chi connectivity index (χ3v) is 4.14. The van der Waals surface area contributed by atoms with Gasteiger partial charge in [0.25, 0.3) is 0 Å². The first-order chi connectivity index (χ1) is 9.16. The molecule has 1 N–H and O–H groups in total. The first kappa shape index (κ1) is 14.6. The van der Waals surface area contributed by atoms with Crippen LogP contribution in [-0.2, 0) is 0 Å². The highest BCUT2D eigenvalue weighted by Crippen LogP contribution is 2.14. The van der Waals surface area contributed by atoms with Crippen LogP contribution in [0, 0.1) is 0 Å². The van der Waals surface area contributed by atoms with E-state index < -0.39 is 0 Å². The summed E-state index contributed by atoms with van der Waals surface area (Å²) >= 11 is 0. The molecule has 1 aromatic rings. The quantitative estimate of drug-likeness (QED) is 0.852. The van der Waals surface area contributed by atoms with Crippen molar-refractivity contribution in [1.29, 1.82) is 0 Å². The topological polar surface area (TPSA) is 31.6 Å². The molecule has 1 saturated heterocycles. The number of piperidine rings is 1. The molecular weight excluding hydrogens is 238 g/mol. The molecule has 0 amide bonds. The van der Waals surface area contributed by atoms with E-state index in [1.807, 2.05) is 12.1 Å². The van der Waals surface area contributed by atoms with E-state index in [1.165, 1.54) is 25.9 Å². The van der Waals surface area contributed by atoms with Crippen LogP contribution in [-0.4, -0.2) is 56.1 Å². The second-order valence-electron chi connectivity index (χ2n) is 5.73. The molecule has 0 radical (unpaired) electrons. The third-order valence-electron chi connectivity index (χ3n) is 4.14. The van der Waals surface area contributed by atoms with Gasteiger partial charge in [-0.15, -0.1) is 0 Å². The Morgan fingerprint density at radius 3 is 2.74 bits per heavy atom. The van der Waals surface area contributed by atoms with Crippen LogP contribution in [0.3, 0.4) is 0 Å². The molecule has 0 spiro atoms. The predicted octanol–water partition coefficient (Wildman–Crippen LogP) is 1.96. The van der Waals surface area contributed by atoms with E-state index in [1.54, 1.807) is 6.26 Å². The van der Waals surface area contributed by atoms with Crippen molar-refractivity contribution in [3.63, 3.8) is 0 Å². The maximum atomic E-state index is 5.40. The molecule has 1 atom stereocenters. The lowest BCUT2D eigenvalue weighted by Gasteiger charge is -2.35. The summed E-state index contributed by atoms with van der Waals surface area (Å²) in [7, 11) is 4.37. The van der Waals surface area contributed by atoms with Crippen molar-refractivity contribution in [1.82, 2.24) is 15.1 Å². The van der Waals surface area contributed by atoms with Crippen LogP contribution in [0.1, 0.15) is 31.6 Å². The average Bonchev–Trinajstić information content (AvgIpc) is 2.93. The van der Waals surface area contributed by atoms with Crippen molar-refractivity contribution < 1.29 is 4.42 Å². The maximum absolute atomic E-state index is 5.40. The van der Waals surface area contributed by atoms with E-state index in [9.17, 15) is 0 Å². The molecule has 1 aliphatic rings. The van der Waals surface area contributed by atoms with Gasteiger partial charge in [-0.1, -0.05) is 0 Å². The highest BCUT2D eigenvalue weighted by Gasteiger charge is 2.20. The molecule has 4 heteroatoms. The number of likely N-dealkylation sites (tertiary alicyclic amines) is 1. The van der Waals surface area contributed by atoms with Crippen LogP contribution < -0.4 is 5.32 Å². The molecular formula is C15H27N3O. The first-order valence-electron chi connectivity index (χ1n) is 7.32. The fraction of sp³-hybridized carbons (Fsp3) is 0.733. The highest BCUT2D eigenvalue weighted by atomic mass is 16.3. The smallest absolute Gasteiger partial charge is 0.120 e. The fourth-order valence-corrected chi connectivity index (χ4v) is 2.74. The maximum Gasteiger partial charge on any atom is 0.120 e. The van der Waals surface area contributed by atoms with Crippen LogP contribution in [0.5, 0.6) is 0 Å². The van der Waals surface area contributed by atoms with E-state index in [2.05, 4.69) is 36.1 Å². The molecule has 0 bridgehead atoms. The lowest BCUT2D eigenvalue weighted by molar-refractivity contribution is 0.144. The van der Waals surface area contributed by atoms with Gasteiger partial charge < -0.3 is 19.5 Å². The Labute approximate surface area is 116 Å². The summed E-state index contributed by atoms with van der Waals surface area (Å²) < 4.78 is 5.40. The Balaban J connectivity index is 1.62. The van der Waals surface area contributed by atoms with E-state index in [4.69, 9.17) is 4.42 Å². The number of hydrogen-bond donors (Lipinski definition) is 1. The van der Waals surface area contributed by atoms with Gasteiger partial charge in [0.05, 0.1) is 12.3 Å². The van der Waals surface area contributed by atoms with Gasteiger partial charge in [0.2, 0.25) is 0 Å². The van der Waals surface area contributed by atoms with Gasteiger partial charge in [-0.3, -0.25) is 0 Å². The Hall–Kier alpha value is -0.840. The molecule has 0 aromatic carbocycles. The normalized spacial score (nSPS) is 20.0. The van der Waals surface area contributed by atoms with Crippen LogP contribution >= 0.6 is 0 Å². The Bertz CT molecular complexity index is 342. The lowest BCUT2D eigenvalue weighted by Crippen LogP contribution is -2.44. The average molecular weight is 265 g/mol. The molecule has 19 heavy (non-hydrogen) atoms. The second-order valence-corrected chi connectivity index (χ2v) is 5.73. The number of hydrogen-bond acceptors (Lipinski definition) is 4. The van der Waals surface area contributed by atoms with E-state index in [0.29, 0.717) is 6.04 Å². The zero-order valence-electron chi connectivity index (χ0n) is 12.4. The monoisotopic (exact) mass is 265 g/mol. The number of nitrogens with one attached hydrogen (secondary N) is 1. The van der Waals surface area contributed by atoms with Crippen molar-refractivity contribution in [2.24, 2.45) is 0 Å². The number of rotatable bonds is 6. The molecule has 1 aromatic heterocycles. The van der Waals surface area contributed by atoms with Gasteiger partial charge in [0.1, 0.15) is 5.76 Å². The largest absolute Gasteiger partial charge is 0.468 e. The predicted molar refractivity (Wildman–Crippen MR) is 78.3 cm³/mol. The molecule has 0 saturated carbocycles. The SMILES string of the molecule is CC(NCCN1CCC(N(C)C)CC1)c1ccco1. The molecule has 0 aliphatic carbocycles. The minimum absolute atomic E-state index is 0.300. The summed E-state index contributed by atoms with van der Waals surface area (Å²) in [5.74, 6) is 1.02. The molecule has 2 rings (SSSR count). The Morgan fingerprint density at radius 1 is 1.42 bits per heavy atom. The minimum atomic E-state index is 0.300. The summed E-state index contributed by atoms with van der Waals surface area (Å²) in [5.41, 5.74) is 0. The van der Waals surface area contributed by atoms with Crippen LogP contribution in [0.25, 0.3) is 0 Å². The van der Waals surface area contributed by atoms with Crippen molar-refractivity contribution >= 4 is 0 Å². The Morgan fingerprint density at radius 2 is 2.16 bits per heavy atom. The molecule has 1 fully saturated rings. The summed E-state index contributed by atoms with van der Waals surface area (Å²) in [4.78, 5) is 4.91. The van der Waals surface area contributed by atoms with Gasteiger partial charge in [-0.25, -0.2) is 0 Å². The van der Waals surface area contributed by atoms with Crippen molar-refractivity contribution in [3.8, 4) is 0 Å². The van der Waals surface area contributed by atoms with Gasteiger partial charge in [0, 0.05) is 19.1 Å². The highest BCUT2D eigenvalue weighted by molar-refractivity contribution is 5.02. The van der Waals surface area contributed by atoms with Crippen LogP contribution in [0.2, 0.25) is 0 Å². The van der Waals surface area contributed by atoms with Crippen molar-refractivity contribution in [3.05, 3.63) is 24.2 Å². The van der Waals surface area contributed by atoms with E-state index in [-0.39, 0.29) is 0 Å². The third kappa shape index (κ3) is 4.34. The molecule has 2 heterocycles. The summed E-state index contributed by atoms with van der Waals surface area (Å²) in [6.07, 6.45) is 4.32. The first-order valence-corrected chi connectivity index (χ1v) is 7.32. The second kappa shape index (κ2) is 7.08. The van der Waals surface area contributed by atoms with Crippen LogP contribution in [0.15, 0.2) is 22.8 Å². The summed E-state index contributed by atoms with van der Waals surface area (Å²) in [6, 6.07) is 5.04. The molecule has 1 aliphatic heterocycles. The molecule has 1 unspecified atom stereocenters. The van der Waals surface area contributed by atoms with Gasteiger partial charge in [0.15, 0.2) is 0 Å². The van der Waals surface area contributed by atoms with Gasteiger partial charge in [-0.05, 0) is 59.1 Å². The summed E-state index contributed by atoms with van der Waals surface area (Å²) in [5, 5.41) is 3.52. The van der Waals surface area contributed by atoms with Crippen LogP contribution in [0.4, 0.5) is 0 Å².